The SMILES string of the molecule is CC(Br)c1cc(C(O)(C(F)(F)F)C(F)(F)F)cc(C(O)(C(F)(F)F)C(F)(F)F)c1. The third-order valence-electron chi connectivity index (χ3n) is 3.89. The van der Waals surface area contributed by atoms with Gasteiger partial charge in [0.25, 0.3) is 11.2 Å². The van der Waals surface area contributed by atoms with E-state index in [1.165, 1.54) is 0 Å². The molecule has 0 aliphatic heterocycles. The maximum atomic E-state index is 13.0. The van der Waals surface area contributed by atoms with Crippen LogP contribution in [0.3, 0.4) is 0 Å². The van der Waals surface area contributed by atoms with Gasteiger partial charge < -0.3 is 10.2 Å². The first-order valence-electron chi connectivity index (χ1n) is 7.03. The van der Waals surface area contributed by atoms with Gasteiger partial charge in [-0.15, -0.1) is 0 Å². The molecule has 0 fully saturated rings. The van der Waals surface area contributed by atoms with Crippen molar-refractivity contribution in [3.63, 3.8) is 0 Å². The highest BCUT2D eigenvalue weighted by atomic mass is 79.9. The van der Waals surface area contributed by atoms with E-state index in [4.69, 9.17) is 0 Å². The Bertz CT molecular complexity index is 661. The largest absolute Gasteiger partial charge is 0.430 e. The average Bonchev–Trinajstić information content (AvgIpc) is 2.48. The minimum absolute atomic E-state index is 0.0724. The smallest absolute Gasteiger partial charge is 0.369 e. The molecular formula is C14H9BrF12O2. The molecule has 0 heterocycles. The summed E-state index contributed by atoms with van der Waals surface area (Å²) in [4.78, 5) is -1.36. The molecule has 1 aromatic rings. The molecule has 29 heavy (non-hydrogen) atoms. The van der Waals surface area contributed by atoms with Gasteiger partial charge in [-0.25, -0.2) is 0 Å². The van der Waals surface area contributed by atoms with Crippen molar-refractivity contribution in [2.45, 2.75) is 47.7 Å². The molecule has 0 aliphatic rings. The number of alkyl halides is 13. The van der Waals surface area contributed by atoms with Crippen LogP contribution < -0.4 is 0 Å². The van der Waals surface area contributed by atoms with Crippen molar-refractivity contribution in [1.29, 1.82) is 0 Å². The number of hydrogen-bond donors (Lipinski definition) is 2. The minimum Gasteiger partial charge on any atom is -0.369 e. The van der Waals surface area contributed by atoms with E-state index in [2.05, 4.69) is 15.9 Å². The van der Waals surface area contributed by atoms with Gasteiger partial charge in [-0.2, -0.15) is 52.7 Å². The molecule has 15 heteroatoms. The molecule has 1 atom stereocenters. The topological polar surface area (TPSA) is 40.5 Å². The van der Waals surface area contributed by atoms with Crippen LogP contribution >= 0.6 is 15.9 Å². The Labute approximate surface area is 162 Å². The fourth-order valence-corrected chi connectivity index (χ4v) is 2.54. The Balaban J connectivity index is 4.10. The molecule has 1 rings (SSSR count). The van der Waals surface area contributed by atoms with Crippen LogP contribution in [0.25, 0.3) is 0 Å². The Hall–Kier alpha value is -1.22. The lowest BCUT2D eigenvalue weighted by atomic mass is 9.83. The third kappa shape index (κ3) is 4.17. The van der Waals surface area contributed by atoms with Crippen LogP contribution in [0.4, 0.5) is 52.7 Å². The number of hydrogen-bond acceptors (Lipinski definition) is 2. The van der Waals surface area contributed by atoms with E-state index < -0.39 is 63.5 Å². The van der Waals surface area contributed by atoms with E-state index in [1.54, 1.807) is 0 Å². The lowest BCUT2D eigenvalue weighted by molar-refractivity contribution is -0.378. The van der Waals surface area contributed by atoms with E-state index in [0.29, 0.717) is 0 Å². The maximum Gasteiger partial charge on any atom is 0.430 e. The highest BCUT2D eigenvalue weighted by Crippen LogP contribution is 2.54. The predicted octanol–water partition coefficient (Wildman–Crippen LogP) is 5.77. The van der Waals surface area contributed by atoms with Crippen molar-refractivity contribution in [2.75, 3.05) is 0 Å². The van der Waals surface area contributed by atoms with Crippen molar-refractivity contribution in [3.05, 3.63) is 34.9 Å². The van der Waals surface area contributed by atoms with Crippen molar-refractivity contribution < 1.29 is 62.9 Å². The molecule has 0 spiro atoms. The Morgan fingerprint density at radius 3 is 1.03 bits per heavy atom. The third-order valence-corrected chi connectivity index (χ3v) is 4.42. The summed E-state index contributed by atoms with van der Waals surface area (Å²) in [5.74, 6) is 0. The standard InChI is InChI=1S/C14H9BrF12O2/c1-5(15)6-2-7(9(28,11(16,17)18)12(19,20)21)4-8(3-6)10(29,13(22,23)24)14(25,26)27/h2-5,28-29H,1H3. The molecule has 0 saturated heterocycles. The molecule has 0 saturated carbocycles. The molecule has 1 aromatic carbocycles. The predicted molar refractivity (Wildman–Crippen MR) is 75.8 cm³/mol. The highest BCUT2D eigenvalue weighted by Gasteiger charge is 2.74. The number of rotatable bonds is 3. The molecule has 0 amide bonds. The summed E-state index contributed by atoms with van der Waals surface area (Å²) in [6.07, 6.45) is -26.3. The summed E-state index contributed by atoms with van der Waals surface area (Å²) in [6, 6.07) is -0.977. The first-order valence-corrected chi connectivity index (χ1v) is 7.95. The first-order chi connectivity index (χ1) is 12.5. The van der Waals surface area contributed by atoms with E-state index in [1.807, 2.05) is 0 Å². The van der Waals surface area contributed by atoms with Crippen LogP contribution in [0.2, 0.25) is 0 Å². The molecule has 2 nitrogen and oxygen atoms in total. The van der Waals surface area contributed by atoms with Crippen LogP contribution in [0.5, 0.6) is 0 Å². The molecule has 0 radical (unpaired) electrons. The minimum atomic E-state index is -6.58. The summed E-state index contributed by atoms with van der Waals surface area (Å²) in [7, 11) is 0. The highest BCUT2D eigenvalue weighted by molar-refractivity contribution is 9.09. The Kier molecular flexibility index (Phi) is 6.39. The normalized spacial score (nSPS) is 16.1. The van der Waals surface area contributed by atoms with E-state index >= 15 is 0 Å². The fraction of sp³-hybridized carbons (Fsp3) is 0.571. The molecule has 0 aromatic heterocycles. The molecular weight excluding hydrogens is 508 g/mol. The zero-order valence-electron chi connectivity index (χ0n) is 13.6. The second-order valence-electron chi connectivity index (χ2n) is 5.87. The van der Waals surface area contributed by atoms with E-state index in [9.17, 15) is 62.9 Å². The van der Waals surface area contributed by atoms with Gasteiger partial charge in [0.1, 0.15) is 0 Å². The molecule has 0 aliphatic carbocycles. The summed E-state index contributed by atoms with van der Waals surface area (Å²) in [6.45, 7) is 0.962. The van der Waals surface area contributed by atoms with Crippen LogP contribution in [-0.4, -0.2) is 34.9 Å². The van der Waals surface area contributed by atoms with Crippen molar-refractivity contribution in [3.8, 4) is 0 Å². The summed E-state index contributed by atoms with van der Waals surface area (Å²) in [5.41, 5.74) is -17.3. The molecule has 168 valence electrons. The average molecular weight is 517 g/mol. The quantitative estimate of drug-likeness (QED) is 0.395. The summed E-state index contributed by atoms with van der Waals surface area (Å²) >= 11 is 2.60. The van der Waals surface area contributed by atoms with Gasteiger partial charge in [0.2, 0.25) is 0 Å². The number of benzene rings is 1. The second-order valence-corrected chi connectivity index (χ2v) is 7.25. The first kappa shape index (κ1) is 25.8. The van der Waals surface area contributed by atoms with Gasteiger partial charge in [-0.3, -0.25) is 0 Å². The van der Waals surface area contributed by atoms with Crippen molar-refractivity contribution in [1.82, 2.24) is 0 Å². The van der Waals surface area contributed by atoms with E-state index in [0.717, 1.165) is 6.92 Å². The van der Waals surface area contributed by atoms with Gasteiger partial charge in [0, 0.05) is 16.0 Å². The van der Waals surface area contributed by atoms with Crippen molar-refractivity contribution >= 4 is 15.9 Å². The second kappa shape index (κ2) is 7.18. The number of halogens is 13. The van der Waals surface area contributed by atoms with Gasteiger partial charge >= 0.3 is 24.7 Å². The van der Waals surface area contributed by atoms with Crippen LogP contribution in [-0.2, 0) is 11.2 Å². The Morgan fingerprint density at radius 2 is 0.862 bits per heavy atom. The van der Waals surface area contributed by atoms with Crippen LogP contribution in [0.1, 0.15) is 28.4 Å². The number of aliphatic hydroxyl groups is 2. The van der Waals surface area contributed by atoms with Crippen molar-refractivity contribution in [2.24, 2.45) is 0 Å². The monoisotopic (exact) mass is 516 g/mol. The fourth-order valence-electron chi connectivity index (χ4n) is 2.28. The Morgan fingerprint density at radius 1 is 0.621 bits per heavy atom. The van der Waals surface area contributed by atoms with E-state index in [-0.39, 0.29) is 12.1 Å². The molecule has 2 N–H and O–H groups in total. The van der Waals surface area contributed by atoms with Crippen LogP contribution in [0.15, 0.2) is 18.2 Å². The summed E-state index contributed by atoms with van der Waals surface area (Å²) in [5, 5.41) is 18.7. The van der Waals surface area contributed by atoms with Gasteiger partial charge in [-0.1, -0.05) is 28.1 Å². The zero-order valence-corrected chi connectivity index (χ0v) is 15.2. The lowest BCUT2D eigenvalue weighted by Crippen LogP contribution is -2.56. The van der Waals surface area contributed by atoms with Gasteiger partial charge in [0.15, 0.2) is 0 Å². The van der Waals surface area contributed by atoms with Crippen LogP contribution in [0, 0.1) is 0 Å². The van der Waals surface area contributed by atoms with Gasteiger partial charge in [0.05, 0.1) is 0 Å². The summed E-state index contributed by atoms with van der Waals surface area (Å²) < 4.78 is 156. The maximum absolute atomic E-state index is 13.0. The lowest BCUT2D eigenvalue weighted by Gasteiger charge is -2.36. The zero-order chi connectivity index (χ0) is 23.4. The van der Waals surface area contributed by atoms with Gasteiger partial charge in [-0.05, 0) is 18.6 Å². The molecule has 0 bridgehead atoms. The molecule has 1 unspecified atom stereocenters.